The van der Waals surface area contributed by atoms with E-state index in [1.165, 1.54) is 39.0 Å². The highest BCUT2D eigenvalue weighted by Gasteiger charge is 2.34. The van der Waals surface area contributed by atoms with E-state index in [1.807, 2.05) is 18.2 Å². The highest BCUT2D eigenvalue weighted by atomic mass is 32.2. The second kappa shape index (κ2) is 11.8. The number of hydrogen-bond donors (Lipinski definition) is 1. The maximum Gasteiger partial charge on any atom is 0.310 e. The van der Waals surface area contributed by atoms with Gasteiger partial charge in [-0.05, 0) is 75.2 Å². The Morgan fingerprint density at radius 2 is 1.88 bits per heavy atom. The third-order valence-electron chi connectivity index (χ3n) is 7.74. The lowest BCUT2D eigenvalue weighted by Gasteiger charge is -2.30. The Bertz CT molecular complexity index is 1710. The van der Waals surface area contributed by atoms with Crippen LogP contribution >= 0.6 is 22.7 Å². The van der Waals surface area contributed by atoms with E-state index in [4.69, 9.17) is 9.72 Å². The lowest BCUT2D eigenvalue weighted by Crippen LogP contribution is -2.42. The molecule has 42 heavy (non-hydrogen) atoms. The second-order valence-electron chi connectivity index (χ2n) is 10.6. The number of ether oxygens (including phenoxy) is 1. The van der Waals surface area contributed by atoms with Crippen molar-refractivity contribution >= 4 is 59.8 Å². The number of rotatable bonds is 7. The summed E-state index contributed by atoms with van der Waals surface area (Å²) >= 11 is 3.20. The van der Waals surface area contributed by atoms with E-state index in [-0.39, 0.29) is 29.9 Å². The van der Waals surface area contributed by atoms with E-state index < -0.39 is 15.9 Å². The number of sulfonamides is 1. The number of hydrogen-bond acceptors (Lipinski definition) is 9. The minimum atomic E-state index is -3.82. The molecular weight excluding hydrogens is 593 g/mol. The van der Waals surface area contributed by atoms with Gasteiger partial charge in [0.25, 0.3) is 5.91 Å². The molecule has 1 amide bonds. The molecule has 4 heterocycles. The molecule has 0 radical (unpaired) electrons. The number of anilines is 1. The molecule has 220 valence electrons. The van der Waals surface area contributed by atoms with Crippen molar-refractivity contribution in [3.63, 3.8) is 0 Å². The third-order valence-corrected chi connectivity index (χ3v) is 11.8. The van der Waals surface area contributed by atoms with Crippen LogP contribution in [0.25, 0.3) is 20.8 Å². The van der Waals surface area contributed by atoms with Gasteiger partial charge in [0.2, 0.25) is 10.0 Å². The van der Waals surface area contributed by atoms with Crippen molar-refractivity contribution in [1.82, 2.24) is 14.2 Å². The number of carbonyl (C=O) groups is 2. The fourth-order valence-corrected chi connectivity index (χ4v) is 9.50. The summed E-state index contributed by atoms with van der Waals surface area (Å²) in [4.78, 5) is 34.1. The molecule has 2 aliphatic heterocycles. The number of nitrogens with zero attached hydrogens (tertiary/aromatic N) is 3. The Hall–Kier alpha value is -3.16. The number of amides is 1. The zero-order valence-corrected chi connectivity index (χ0v) is 25.9. The van der Waals surface area contributed by atoms with E-state index in [2.05, 4.69) is 23.3 Å². The van der Waals surface area contributed by atoms with Gasteiger partial charge in [0.15, 0.2) is 0 Å². The van der Waals surface area contributed by atoms with E-state index in [1.54, 1.807) is 29.6 Å². The van der Waals surface area contributed by atoms with Crippen LogP contribution in [0.4, 0.5) is 5.00 Å². The Kier molecular flexibility index (Phi) is 8.16. The summed E-state index contributed by atoms with van der Waals surface area (Å²) in [6, 6.07) is 14.0. The van der Waals surface area contributed by atoms with Gasteiger partial charge in [0.1, 0.15) is 10.0 Å². The maximum atomic E-state index is 13.4. The average molecular weight is 625 g/mol. The molecule has 6 rings (SSSR count). The fourth-order valence-electron chi connectivity index (χ4n) is 5.54. The normalized spacial score (nSPS) is 18.1. The Labute approximate surface area is 253 Å². The lowest BCUT2D eigenvalue weighted by atomic mass is 10.0. The molecule has 1 unspecified atom stereocenters. The molecule has 2 aliphatic rings. The summed E-state index contributed by atoms with van der Waals surface area (Å²) in [5.74, 6) is -1.15. The minimum Gasteiger partial charge on any atom is -0.466 e. The Balaban J connectivity index is 1.24. The number of fused-ring (bicyclic) bond motifs is 2. The van der Waals surface area contributed by atoms with Crippen molar-refractivity contribution < 1.29 is 22.7 Å². The summed E-state index contributed by atoms with van der Waals surface area (Å²) < 4.78 is 34.3. The summed E-state index contributed by atoms with van der Waals surface area (Å²) in [6.45, 7) is 4.18. The molecule has 12 heteroatoms. The first-order valence-electron chi connectivity index (χ1n) is 14.0. The number of carbonyl (C=O) groups excluding carboxylic acids is 2. The summed E-state index contributed by atoms with van der Waals surface area (Å²) in [7, 11) is -1.73. The predicted octanol–water partition coefficient (Wildman–Crippen LogP) is 5.23. The topological polar surface area (TPSA) is 109 Å². The molecule has 1 N–H and O–H groups in total. The number of nitrogens with one attached hydrogen (secondary N) is 1. The van der Waals surface area contributed by atoms with Crippen LogP contribution in [0.15, 0.2) is 53.4 Å². The van der Waals surface area contributed by atoms with E-state index in [0.717, 1.165) is 45.3 Å². The van der Waals surface area contributed by atoms with Gasteiger partial charge in [-0.3, -0.25) is 9.59 Å². The molecular formula is C30H32N4O5S3. The molecule has 0 bridgehead atoms. The zero-order chi connectivity index (χ0) is 29.4. The molecule has 2 aromatic heterocycles. The molecule has 0 spiro atoms. The van der Waals surface area contributed by atoms with Crippen molar-refractivity contribution in [2.75, 3.05) is 38.6 Å². The molecule has 2 aromatic carbocycles. The van der Waals surface area contributed by atoms with Gasteiger partial charge in [-0.25, -0.2) is 13.4 Å². The van der Waals surface area contributed by atoms with Crippen LogP contribution in [0.1, 0.15) is 40.6 Å². The highest BCUT2D eigenvalue weighted by Crippen LogP contribution is 2.45. The Morgan fingerprint density at radius 3 is 2.64 bits per heavy atom. The van der Waals surface area contributed by atoms with Gasteiger partial charge < -0.3 is 15.0 Å². The van der Waals surface area contributed by atoms with Crippen molar-refractivity contribution in [2.45, 2.75) is 37.6 Å². The van der Waals surface area contributed by atoms with E-state index in [0.29, 0.717) is 24.9 Å². The van der Waals surface area contributed by atoms with Gasteiger partial charge in [-0.1, -0.05) is 12.1 Å². The molecule has 9 nitrogen and oxygen atoms in total. The van der Waals surface area contributed by atoms with Crippen molar-refractivity contribution in [3.8, 4) is 10.6 Å². The fraction of sp³-hybridized carbons (Fsp3) is 0.367. The summed E-state index contributed by atoms with van der Waals surface area (Å²) in [5, 5.41) is 4.76. The molecule has 1 fully saturated rings. The first kappa shape index (κ1) is 28.9. The summed E-state index contributed by atoms with van der Waals surface area (Å²) in [6.07, 6.45) is 2.07. The standard InChI is InChI=1S/C30H32N4O5S3/c1-3-39-30(36)20-7-6-15-34(17-20)42(37,38)21-12-10-19(11-13-21)27(35)32-29-26(22-14-16-33(2)18-25(22)41-29)28-31-23-8-4-5-9-24(23)40-28/h4-5,8-13,20H,3,6-7,14-18H2,1-2H3,(H,32,35). The number of thiazole rings is 1. The van der Waals surface area contributed by atoms with E-state index in [9.17, 15) is 18.0 Å². The molecule has 4 aromatic rings. The first-order valence-corrected chi connectivity index (χ1v) is 17.1. The van der Waals surface area contributed by atoms with Crippen LogP contribution < -0.4 is 5.32 Å². The van der Waals surface area contributed by atoms with Crippen molar-refractivity contribution in [3.05, 3.63) is 64.5 Å². The highest BCUT2D eigenvalue weighted by molar-refractivity contribution is 7.89. The number of thiophene rings is 1. The third kappa shape index (κ3) is 5.61. The van der Waals surface area contributed by atoms with Crippen LogP contribution in [0.5, 0.6) is 0 Å². The lowest BCUT2D eigenvalue weighted by molar-refractivity contribution is -0.149. The SMILES string of the molecule is CCOC(=O)C1CCCN(S(=O)(=O)c2ccc(C(=O)Nc3sc4c(c3-c3nc5ccccc5s3)CCN(C)C4)cc2)C1. The number of para-hydroxylation sites is 1. The quantitative estimate of drug-likeness (QED) is 0.281. The van der Waals surface area contributed by atoms with Gasteiger partial charge in [0.05, 0.1) is 27.6 Å². The van der Waals surface area contributed by atoms with Gasteiger partial charge in [0, 0.05) is 42.2 Å². The zero-order valence-electron chi connectivity index (χ0n) is 23.5. The van der Waals surface area contributed by atoms with Crippen molar-refractivity contribution in [1.29, 1.82) is 0 Å². The molecule has 1 saturated heterocycles. The average Bonchev–Trinajstić information content (AvgIpc) is 3.57. The number of benzene rings is 2. The van der Waals surface area contributed by atoms with Gasteiger partial charge in [-0.2, -0.15) is 4.31 Å². The minimum absolute atomic E-state index is 0.0911. The van der Waals surface area contributed by atoms with E-state index >= 15 is 0 Å². The second-order valence-corrected chi connectivity index (χ2v) is 14.7. The van der Waals surface area contributed by atoms with Crippen LogP contribution in [0.2, 0.25) is 0 Å². The summed E-state index contributed by atoms with van der Waals surface area (Å²) in [5.41, 5.74) is 3.51. The van der Waals surface area contributed by atoms with Crippen molar-refractivity contribution in [2.24, 2.45) is 5.92 Å². The predicted molar refractivity (Wildman–Crippen MR) is 165 cm³/mol. The van der Waals surface area contributed by atoms with Crippen LogP contribution in [0, 0.1) is 5.92 Å². The monoisotopic (exact) mass is 624 g/mol. The molecule has 1 atom stereocenters. The maximum absolute atomic E-state index is 13.4. The van der Waals surface area contributed by atoms with Crippen LogP contribution in [-0.2, 0) is 32.5 Å². The van der Waals surface area contributed by atoms with Crippen LogP contribution in [0.3, 0.4) is 0 Å². The number of aromatic nitrogens is 1. The largest absolute Gasteiger partial charge is 0.466 e. The Morgan fingerprint density at radius 1 is 1.10 bits per heavy atom. The first-order chi connectivity index (χ1) is 20.2. The molecule has 0 saturated carbocycles. The molecule has 0 aliphatic carbocycles. The smallest absolute Gasteiger partial charge is 0.310 e. The van der Waals surface area contributed by atoms with Gasteiger partial charge in [-0.15, -0.1) is 22.7 Å². The number of esters is 1. The van der Waals surface area contributed by atoms with Gasteiger partial charge >= 0.3 is 5.97 Å². The number of piperidine rings is 1. The number of likely N-dealkylation sites (N-methyl/N-ethyl adjacent to an activating group) is 1. The van der Waals surface area contributed by atoms with Crippen LogP contribution in [-0.4, -0.2) is 67.8 Å².